The highest BCUT2D eigenvalue weighted by atomic mass is 35.5. The number of anilines is 1. The molecule has 1 fully saturated rings. The molecule has 1 aliphatic rings. The molecule has 3 rings (SSSR count). The highest BCUT2D eigenvalue weighted by Gasteiger charge is 2.13. The van der Waals surface area contributed by atoms with E-state index < -0.39 is 0 Å². The monoisotopic (exact) mass is 380 g/mol. The Morgan fingerprint density at radius 1 is 1.32 bits per heavy atom. The maximum Gasteiger partial charge on any atom is 0.253 e. The van der Waals surface area contributed by atoms with Gasteiger partial charge in [0.1, 0.15) is 0 Å². The number of thiazole rings is 1. The molecule has 0 atom stereocenters. The number of halogens is 1. The first-order valence-corrected chi connectivity index (χ1v) is 9.43. The van der Waals surface area contributed by atoms with Gasteiger partial charge < -0.3 is 15.4 Å². The van der Waals surface area contributed by atoms with Gasteiger partial charge in [0.2, 0.25) is 0 Å². The number of ether oxygens (including phenoxy) is 1. The zero-order valence-electron chi connectivity index (χ0n) is 13.8. The van der Waals surface area contributed by atoms with Crippen LogP contribution in [0.25, 0.3) is 0 Å². The van der Waals surface area contributed by atoms with E-state index in [1.165, 1.54) is 11.3 Å². The lowest BCUT2D eigenvalue weighted by molar-refractivity contribution is 0.0383. The third-order valence-electron chi connectivity index (χ3n) is 3.97. The number of nitrogens with one attached hydrogen (secondary N) is 2. The summed E-state index contributed by atoms with van der Waals surface area (Å²) < 4.78 is 5.85. The van der Waals surface area contributed by atoms with Crippen LogP contribution in [-0.2, 0) is 11.3 Å². The first-order valence-electron chi connectivity index (χ1n) is 8.24. The van der Waals surface area contributed by atoms with Crippen molar-refractivity contribution in [2.75, 3.05) is 44.7 Å². The van der Waals surface area contributed by atoms with Crippen LogP contribution in [0.1, 0.15) is 15.2 Å². The molecule has 1 aromatic heterocycles. The van der Waals surface area contributed by atoms with Crippen LogP contribution in [0, 0.1) is 0 Å². The molecule has 0 saturated carbocycles. The first-order chi connectivity index (χ1) is 12.2. The van der Waals surface area contributed by atoms with E-state index in [4.69, 9.17) is 16.3 Å². The second-order valence-corrected chi connectivity index (χ2v) is 7.39. The standard InChI is InChI=1S/C17H21ClN4O2S/c18-17-21-12-13(25-17)11-20-15-4-2-1-3-14(15)16(23)19-5-6-22-7-9-24-10-8-22/h1-4,12,20H,5-11H2,(H,19,23). The second kappa shape index (κ2) is 9.15. The number of rotatable bonds is 7. The molecular weight excluding hydrogens is 360 g/mol. The largest absolute Gasteiger partial charge is 0.379 e. The van der Waals surface area contributed by atoms with Crippen LogP contribution < -0.4 is 10.6 Å². The molecule has 0 aliphatic carbocycles. The van der Waals surface area contributed by atoms with Gasteiger partial charge in [-0.15, -0.1) is 11.3 Å². The van der Waals surface area contributed by atoms with Crippen molar-refractivity contribution in [2.24, 2.45) is 0 Å². The summed E-state index contributed by atoms with van der Waals surface area (Å²) in [5, 5.41) is 6.28. The summed E-state index contributed by atoms with van der Waals surface area (Å²) >= 11 is 7.28. The van der Waals surface area contributed by atoms with Crippen LogP contribution in [0.2, 0.25) is 4.47 Å². The molecule has 0 bridgehead atoms. The molecule has 2 N–H and O–H groups in total. The summed E-state index contributed by atoms with van der Waals surface area (Å²) in [6.07, 6.45) is 1.74. The van der Waals surface area contributed by atoms with E-state index in [-0.39, 0.29) is 5.91 Å². The fourth-order valence-electron chi connectivity index (χ4n) is 2.63. The molecule has 0 unspecified atom stereocenters. The molecule has 25 heavy (non-hydrogen) atoms. The van der Waals surface area contributed by atoms with Crippen LogP contribution in [0.5, 0.6) is 0 Å². The number of morpholine rings is 1. The van der Waals surface area contributed by atoms with Crippen molar-refractivity contribution in [3.8, 4) is 0 Å². The summed E-state index contributed by atoms with van der Waals surface area (Å²) in [5.74, 6) is -0.0707. The maximum atomic E-state index is 12.5. The molecule has 1 aromatic carbocycles. The van der Waals surface area contributed by atoms with Crippen molar-refractivity contribution in [1.29, 1.82) is 0 Å². The van der Waals surface area contributed by atoms with Gasteiger partial charge in [0.25, 0.3) is 5.91 Å². The Morgan fingerprint density at radius 2 is 2.12 bits per heavy atom. The number of para-hydroxylation sites is 1. The van der Waals surface area contributed by atoms with E-state index in [2.05, 4.69) is 20.5 Å². The van der Waals surface area contributed by atoms with Crippen LogP contribution in [0.3, 0.4) is 0 Å². The van der Waals surface area contributed by atoms with E-state index in [0.29, 0.717) is 23.1 Å². The average molecular weight is 381 g/mol. The van der Waals surface area contributed by atoms with Crippen molar-refractivity contribution in [2.45, 2.75) is 6.54 Å². The van der Waals surface area contributed by atoms with Gasteiger partial charge in [-0.1, -0.05) is 23.7 Å². The predicted molar refractivity (Wildman–Crippen MR) is 100 cm³/mol. The number of aromatic nitrogens is 1. The Hall–Kier alpha value is -1.67. The lowest BCUT2D eigenvalue weighted by Gasteiger charge is -2.26. The Kier molecular flexibility index (Phi) is 6.63. The van der Waals surface area contributed by atoms with Gasteiger partial charge in [0.15, 0.2) is 4.47 Å². The number of carbonyl (C=O) groups excluding carboxylic acids is 1. The SMILES string of the molecule is O=C(NCCN1CCOCC1)c1ccccc1NCc1cnc(Cl)s1. The van der Waals surface area contributed by atoms with Crippen molar-refractivity contribution in [3.05, 3.63) is 45.4 Å². The molecule has 2 heterocycles. The van der Waals surface area contributed by atoms with E-state index in [1.807, 2.05) is 24.3 Å². The van der Waals surface area contributed by atoms with Crippen molar-refractivity contribution >= 4 is 34.5 Å². The Labute approximate surface area is 156 Å². The molecule has 2 aromatic rings. The fraction of sp³-hybridized carbons (Fsp3) is 0.412. The smallest absolute Gasteiger partial charge is 0.253 e. The second-order valence-electron chi connectivity index (χ2n) is 5.69. The summed E-state index contributed by atoms with van der Waals surface area (Å²) in [4.78, 5) is 19.8. The minimum Gasteiger partial charge on any atom is -0.379 e. The highest BCUT2D eigenvalue weighted by Crippen LogP contribution is 2.21. The van der Waals surface area contributed by atoms with E-state index in [0.717, 1.165) is 43.4 Å². The molecule has 6 nitrogen and oxygen atoms in total. The summed E-state index contributed by atoms with van der Waals surface area (Å²) in [5.41, 5.74) is 1.44. The molecular formula is C17H21ClN4O2S. The van der Waals surface area contributed by atoms with Gasteiger partial charge in [0, 0.05) is 42.9 Å². The number of benzene rings is 1. The fourth-order valence-corrected chi connectivity index (χ4v) is 3.55. The van der Waals surface area contributed by atoms with Gasteiger partial charge in [-0.3, -0.25) is 9.69 Å². The highest BCUT2D eigenvalue weighted by molar-refractivity contribution is 7.15. The minimum atomic E-state index is -0.0707. The average Bonchev–Trinajstić information content (AvgIpc) is 3.06. The zero-order valence-corrected chi connectivity index (χ0v) is 15.4. The summed E-state index contributed by atoms with van der Waals surface area (Å²) in [6, 6.07) is 7.50. The molecule has 1 aliphatic heterocycles. The van der Waals surface area contributed by atoms with E-state index in [9.17, 15) is 4.79 Å². The molecule has 1 saturated heterocycles. The van der Waals surface area contributed by atoms with Crippen molar-refractivity contribution in [3.63, 3.8) is 0 Å². The lowest BCUT2D eigenvalue weighted by Crippen LogP contribution is -2.41. The zero-order chi connectivity index (χ0) is 17.5. The Balaban J connectivity index is 1.52. The maximum absolute atomic E-state index is 12.5. The number of hydrogen-bond acceptors (Lipinski definition) is 6. The van der Waals surface area contributed by atoms with Gasteiger partial charge in [-0.05, 0) is 12.1 Å². The molecule has 0 spiro atoms. The van der Waals surface area contributed by atoms with E-state index in [1.54, 1.807) is 6.20 Å². The lowest BCUT2D eigenvalue weighted by atomic mass is 10.1. The van der Waals surface area contributed by atoms with Gasteiger partial charge >= 0.3 is 0 Å². The normalized spacial score (nSPS) is 15.1. The molecule has 0 radical (unpaired) electrons. The van der Waals surface area contributed by atoms with E-state index >= 15 is 0 Å². The van der Waals surface area contributed by atoms with Gasteiger partial charge in [0.05, 0.1) is 25.3 Å². The molecule has 1 amide bonds. The van der Waals surface area contributed by atoms with Crippen molar-refractivity contribution < 1.29 is 9.53 Å². The Bertz CT molecular complexity index is 703. The summed E-state index contributed by atoms with van der Waals surface area (Å²) in [7, 11) is 0. The van der Waals surface area contributed by atoms with Crippen molar-refractivity contribution in [1.82, 2.24) is 15.2 Å². The minimum absolute atomic E-state index is 0.0707. The quantitative estimate of drug-likeness (QED) is 0.772. The Morgan fingerprint density at radius 3 is 2.88 bits per heavy atom. The number of nitrogens with zero attached hydrogens (tertiary/aromatic N) is 2. The van der Waals surface area contributed by atoms with Crippen LogP contribution >= 0.6 is 22.9 Å². The topological polar surface area (TPSA) is 66.5 Å². The third kappa shape index (κ3) is 5.40. The molecule has 134 valence electrons. The first kappa shape index (κ1) is 18.1. The summed E-state index contributed by atoms with van der Waals surface area (Å²) in [6.45, 7) is 5.42. The number of hydrogen-bond donors (Lipinski definition) is 2. The van der Waals surface area contributed by atoms with Crippen LogP contribution in [-0.4, -0.2) is 55.2 Å². The van der Waals surface area contributed by atoms with Gasteiger partial charge in [-0.25, -0.2) is 4.98 Å². The van der Waals surface area contributed by atoms with Crippen LogP contribution in [0.15, 0.2) is 30.5 Å². The van der Waals surface area contributed by atoms with Gasteiger partial charge in [-0.2, -0.15) is 0 Å². The molecule has 8 heteroatoms. The number of carbonyl (C=O) groups is 1. The number of amides is 1. The predicted octanol–water partition coefficient (Wildman–Crippen LogP) is 2.47. The van der Waals surface area contributed by atoms with Crippen LogP contribution in [0.4, 0.5) is 5.69 Å². The third-order valence-corrected chi connectivity index (χ3v) is 5.08.